The number of nitrogens with two attached hydrogens (primary N) is 1. The molecule has 4 heteroatoms. The maximum atomic E-state index is 11.3. The second kappa shape index (κ2) is 4.14. The lowest BCUT2D eigenvalue weighted by molar-refractivity contribution is 0.100. The van der Waals surface area contributed by atoms with Crippen molar-refractivity contribution in [3.8, 4) is 0 Å². The Labute approximate surface area is 106 Å². The second-order valence-corrected chi connectivity index (χ2v) is 5.12. The molecule has 0 bridgehead atoms. The third-order valence-corrected chi connectivity index (χ3v) is 3.83. The number of carbonyl (C=O) groups is 1. The van der Waals surface area contributed by atoms with Gasteiger partial charge in [0, 0.05) is 29.2 Å². The van der Waals surface area contributed by atoms with Crippen LogP contribution in [0.1, 0.15) is 28.3 Å². The lowest BCUT2D eigenvalue weighted by Crippen LogP contribution is -2.13. The zero-order valence-electron chi connectivity index (χ0n) is 10.4. The topological polar surface area (TPSA) is 62.1 Å². The maximum absolute atomic E-state index is 11.3. The Morgan fingerprint density at radius 3 is 3.00 bits per heavy atom. The van der Waals surface area contributed by atoms with E-state index in [4.69, 9.17) is 5.73 Å². The summed E-state index contributed by atoms with van der Waals surface area (Å²) in [5.74, 6) is 0.180. The van der Waals surface area contributed by atoms with E-state index in [1.54, 1.807) is 6.07 Å². The summed E-state index contributed by atoms with van der Waals surface area (Å²) in [6.07, 6.45) is 3.24. The summed E-state index contributed by atoms with van der Waals surface area (Å²) < 4.78 is 0. The molecule has 0 radical (unpaired) electrons. The van der Waals surface area contributed by atoms with Crippen LogP contribution in [0.15, 0.2) is 24.4 Å². The minimum atomic E-state index is -0.368. The molecule has 4 nitrogen and oxygen atoms in total. The number of primary amides is 1. The van der Waals surface area contributed by atoms with Gasteiger partial charge in [-0.05, 0) is 49.7 Å². The molecule has 3 N–H and O–H groups in total. The highest BCUT2D eigenvalue weighted by atomic mass is 16.1. The van der Waals surface area contributed by atoms with Gasteiger partial charge < -0.3 is 15.6 Å². The van der Waals surface area contributed by atoms with Crippen molar-refractivity contribution in [1.29, 1.82) is 0 Å². The standard InChI is InChI=1S/C14H17N3O/c1-17-5-4-10(8-17)12-7-16-13-3-2-9(14(15)18)6-11(12)13/h2-3,6-7,10,16H,4-5,8H2,1H3,(H2,15,18). The molecule has 0 aliphatic carbocycles. The molecule has 2 heterocycles. The van der Waals surface area contributed by atoms with Gasteiger partial charge in [-0.1, -0.05) is 0 Å². The van der Waals surface area contributed by atoms with Crippen LogP contribution < -0.4 is 5.73 Å². The largest absolute Gasteiger partial charge is 0.366 e. The van der Waals surface area contributed by atoms with Crippen molar-refractivity contribution < 1.29 is 4.79 Å². The minimum Gasteiger partial charge on any atom is -0.366 e. The van der Waals surface area contributed by atoms with Crippen molar-refractivity contribution in [1.82, 2.24) is 9.88 Å². The van der Waals surface area contributed by atoms with Gasteiger partial charge >= 0.3 is 0 Å². The second-order valence-electron chi connectivity index (χ2n) is 5.12. The van der Waals surface area contributed by atoms with E-state index in [1.807, 2.05) is 12.1 Å². The number of hydrogen-bond donors (Lipinski definition) is 2. The number of likely N-dealkylation sites (N-methyl/N-ethyl adjacent to an activating group) is 1. The smallest absolute Gasteiger partial charge is 0.248 e. The first kappa shape index (κ1) is 11.3. The first-order valence-electron chi connectivity index (χ1n) is 6.24. The number of likely N-dealkylation sites (tertiary alicyclic amines) is 1. The maximum Gasteiger partial charge on any atom is 0.248 e. The minimum absolute atomic E-state index is 0.368. The Morgan fingerprint density at radius 2 is 2.33 bits per heavy atom. The Balaban J connectivity index is 2.06. The van der Waals surface area contributed by atoms with E-state index in [2.05, 4.69) is 23.1 Å². The highest BCUT2D eigenvalue weighted by molar-refractivity contribution is 5.97. The summed E-state index contributed by atoms with van der Waals surface area (Å²) in [6.45, 7) is 2.21. The molecule has 3 rings (SSSR count). The number of nitrogens with zero attached hydrogens (tertiary/aromatic N) is 1. The molecule has 0 saturated carbocycles. The normalized spacial score (nSPS) is 20.6. The molecule has 0 spiro atoms. The molecule has 1 aliphatic rings. The summed E-state index contributed by atoms with van der Waals surface area (Å²) in [6, 6.07) is 5.60. The number of benzene rings is 1. The summed E-state index contributed by atoms with van der Waals surface area (Å²) >= 11 is 0. The van der Waals surface area contributed by atoms with Gasteiger partial charge in [-0.15, -0.1) is 0 Å². The number of fused-ring (bicyclic) bond motifs is 1. The summed E-state index contributed by atoms with van der Waals surface area (Å²) in [4.78, 5) is 16.9. The quantitative estimate of drug-likeness (QED) is 0.843. The van der Waals surface area contributed by atoms with Gasteiger partial charge in [-0.25, -0.2) is 0 Å². The predicted molar refractivity (Wildman–Crippen MR) is 71.7 cm³/mol. The fourth-order valence-corrected chi connectivity index (χ4v) is 2.82. The molecule has 18 heavy (non-hydrogen) atoms. The van der Waals surface area contributed by atoms with Crippen molar-refractivity contribution in [3.63, 3.8) is 0 Å². The fourth-order valence-electron chi connectivity index (χ4n) is 2.82. The highest BCUT2D eigenvalue weighted by Crippen LogP contribution is 2.32. The average Bonchev–Trinajstić information content (AvgIpc) is 2.93. The number of H-pyrrole nitrogens is 1. The van der Waals surface area contributed by atoms with E-state index in [1.165, 1.54) is 12.0 Å². The van der Waals surface area contributed by atoms with Gasteiger partial charge in [0.25, 0.3) is 0 Å². The predicted octanol–water partition coefficient (Wildman–Crippen LogP) is 1.69. The molecule has 1 aromatic carbocycles. The van der Waals surface area contributed by atoms with Crippen LogP contribution in [0.4, 0.5) is 0 Å². The van der Waals surface area contributed by atoms with Crippen LogP contribution in [0.25, 0.3) is 10.9 Å². The number of aromatic nitrogens is 1. The molecule has 1 fully saturated rings. The molecule has 1 saturated heterocycles. The van der Waals surface area contributed by atoms with Crippen molar-refractivity contribution in [3.05, 3.63) is 35.5 Å². The Hall–Kier alpha value is -1.81. The van der Waals surface area contributed by atoms with E-state index in [-0.39, 0.29) is 5.91 Å². The first-order chi connectivity index (χ1) is 8.65. The number of rotatable bonds is 2. The van der Waals surface area contributed by atoms with Crippen LogP contribution in [0.3, 0.4) is 0 Å². The molecular formula is C14H17N3O. The van der Waals surface area contributed by atoms with E-state index < -0.39 is 0 Å². The number of carbonyl (C=O) groups excluding carboxylic acids is 1. The third-order valence-electron chi connectivity index (χ3n) is 3.83. The molecule has 94 valence electrons. The third kappa shape index (κ3) is 1.78. The number of nitrogens with one attached hydrogen (secondary N) is 1. The van der Waals surface area contributed by atoms with E-state index in [0.29, 0.717) is 11.5 Å². The van der Waals surface area contributed by atoms with Crippen LogP contribution in [0.5, 0.6) is 0 Å². The van der Waals surface area contributed by atoms with Crippen LogP contribution in [-0.2, 0) is 0 Å². The Kier molecular flexibility index (Phi) is 2.59. The zero-order chi connectivity index (χ0) is 12.7. The Bertz CT molecular complexity index is 602. The van der Waals surface area contributed by atoms with Crippen molar-refractivity contribution in [2.75, 3.05) is 20.1 Å². The molecule has 1 atom stereocenters. The molecular weight excluding hydrogens is 226 g/mol. The van der Waals surface area contributed by atoms with Gasteiger partial charge in [0.15, 0.2) is 0 Å². The van der Waals surface area contributed by atoms with Gasteiger partial charge in [0.05, 0.1) is 0 Å². The fraction of sp³-hybridized carbons (Fsp3) is 0.357. The van der Waals surface area contributed by atoms with Crippen molar-refractivity contribution >= 4 is 16.8 Å². The van der Waals surface area contributed by atoms with Crippen LogP contribution in [0.2, 0.25) is 0 Å². The lowest BCUT2D eigenvalue weighted by atomic mass is 9.97. The molecule has 1 aliphatic heterocycles. The Morgan fingerprint density at radius 1 is 1.50 bits per heavy atom. The van der Waals surface area contributed by atoms with Crippen LogP contribution in [-0.4, -0.2) is 35.9 Å². The highest BCUT2D eigenvalue weighted by Gasteiger charge is 2.23. The summed E-state index contributed by atoms with van der Waals surface area (Å²) in [5, 5.41) is 1.13. The number of amides is 1. The zero-order valence-corrected chi connectivity index (χ0v) is 10.4. The molecule has 1 aromatic heterocycles. The lowest BCUT2D eigenvalue weighted by Gasteiger charge is -2.09. The van der Waals surface area contributed by atoms with Crippen LogP contribution >= 0.6 is 0 Å². The van der Waals surface area contributed by atoms with Crippen LogP contribution in [0, 0.1) is 0 Å². The monoisotopic (exact) mass is 243 g/mol. The first-order valence-corrected chi connectivity index (χ1v) is 6.24. The van der Waals surface area contributed by atoms with E-state index >= 15 is 0 Å². The van der Waals surface area contributed by atoms with Crippen molar-refractivity contribution in [2.24, 2.45) is 5.73 Å². The number of hydrogen-bond acceptors (Lipinski definition) is 2. The van der Waals surface area contributed by atoms with Gasteiger partial charge in [-0.3, -0.25) is 4.79 Å². The van der Waals surface area contributed by atoms with E-state index in [9.17, 15) is 4.79 Å². The average molecular weight is 243 g/mol. The summed E-state index contributed by atoms with van der Waals surface area (Å²) in [7, 11) is 2.14. The van der Waals surface area contributed by atoms with Gasteiger partial charge in [0.1, 0.15) is 0 Å². The van der Waals surface area contributed by atoms with Gasteiger partial charge in [-0.2, -0.15) is 0 Å². The molecule has 1 unspecified atom stereocenters. The number of aromatic amines is 1. The SMILES string of the molecule is CN1CCC(c2c[nH]c3ccc(C(N)=O)cc23)C1. The summed E-state index contributed by atoms with van der Waals surface area (Å²) in [5.41, 5.74) is 8.30. The van der Waals surface area contributed by atoms with E-state index in [0.717, 1.165) is 24.0 Å². The van der Waals surface area contributed by atoms with Gasteiger partial charge in [0.2, 0.25) is 5.91 Å². The molecule has 2 aromatic rings. The van der Waals surface area contributed by atoms with Crippen molar-refractivity contribution in [2.45, 2.75) is 12.3 Å². The molecule has 1 amide bonds.